The highest BCUT2D eigenvalue weighted by Crippen LogP contribution is 2.32. The van der Waals surface area contributed by atoms with E-state index < -0.39 is 0 Å². The van der Waals surface area contributed by atoms with Gasteiger partial charge in [0, 0.05) is 4.47 Å². The molecule has 2 aromatic heterocycles. The molecule has 0 aliphatic rings. The number of benzene rings is 1. The largest absolute Gasteiger partial charge is 0.495 e. The van der Waals surface area contributed by atoms with E-state index in [0.29, 0.717) is 17.3 Å². The molecule has 0 fully saturated rings. The molecule has 0 aliphatic heterocycles. The van der Waals surface area contributed by atoms with Crippen molar-refractivity contribution < 1.29 is 9.15 Å². The third kappa shape index (κ3) is 2.05. The summed E-state index contributed by atoms with van der Waals surface area (Å²) in [5, 5.41) is 7.98. The van der Waals surface area contributed by atoms with Gasteiger partial charge in [0.05, 0.1) is 19.1 Å². The molecule has 2 heterocycles. The number of anilines is 1. The first-order valence-electron chi connectivity index (χ1n) is 5.79. The lowest BCUT2D eigenvalue weighted by molar-refractivity contribution is 0.413. The summed E-state index contributed by atoms with van der Waals surface area (Å²) < 4.78 is 13.3. The highest BCUT2D eigenvalue weighted by molar-refractivity contribution is 9.10. The molecule has 0 saturated carbocycles. The van der Waals surface area contributed by atoms with Crippen molar-refractivity contribution in [2.75, 3.05) is 12.8 Å². The summed E-state index contributed by atoms with van der Waals surface area (Å²) in [6.45, 7) is 0. The maximum atomic E-state index is 5.93. The number of nitrogens with zero attached hydrogens (tertiary/aromatic N) is 3. The van der Waals surface area contributed by atoms with E-state index in [4.69, 9.17) is 14.9 Å². The zero-order chi connectivity index (χ0) is 14.1. The van der Waals surface area contributed by atoms with Gasteiger partial charge >= 0.3 is 0 Å². The van der Waals surface area contributed by atoms with E-state index in [0.717, 1.165) is 10.2 Å². The molecule has 102 valence electrons. The fraction of sp³-hybridized carbons (Fsp3) is 0.0769. The predicted molar refractivity (Wildman–Crippen MR) is 77.7 cm³/mol. The summed E-state index contributed by atoms with van der Waals surface area (Å²) in [5.41, 5.74) is 6.66. The summed E-state index contributed by atoms with van der Waals surface area (Å²) in [6, 6.07) is 9.18. The van der Waals surface area contributed by atoms with E-state index in [1.165, 1.54) is 0 Å². The molecular weight excluding hydrogens is 324 g/mol. The summed E-state index contributed by atoms with van der Waals surface area (Å²) in [6.07, 6.45) is 1.57. The molecular formula is C13H11BrN4O2. The van der Waals surface area contributed by atoms with Crippen molar-refractivity contribution >= 4 is 21.9 Å². The quantitative estimate of drug-likeness (QED) is 0.796. The molecule has 7 heteroatoms. The van der Waals surface area contributed by atoms with Crippen LogP contribution in [0.4, 0.5) is 5.95 Å². The number of methoxy groups -OCH3 is 1. The Morgan fingerprint density at radius 3 is 2.85 bits per heavy atom. The van der Waals surface area contributed by atoms with Gasteiger partial charge < -0.3 is 14.9 Å². The molecule has 20 heavy (non-hydrogen) atoms. The number of halogens is 1. The molecule has 0 amide bonds. The van der Waals surface area contributed by atoms with Crippen LogP contribution < -0.4 is 10.5 Å². The minimum absolute atomic E-state index is 0.257. The molecule has 0 atom stereocenters. The van der Waals surface area contributed by atoms with Crippen molar-refractivity contribution in [1.29, 1.82) is 0 Å². The van der Waals surface area contributed by atoms with Crippen LogP contribution >= 0.6 is 15.9 Å². The lowest BCUT2D eigenvalue weighted by atomic mass is 10.2. The molecule has 1 aromatic carbocycles. The van der Waals surface area contributed by atoms with Gasteiger partial charge in [-0.1, -0.05) is 15.9 Å². The number of aromatic nitrogens is 3. The van der Waals surface area contributed by atoms with Crippen LogP contribution in [0.25, 0.3) is 17.3 Å². The first-order valence-corrected chi connectivity index (χ1v) is 6.58. The van der Waals surface area contributed by atoms with Gasteiger partial charge in [0.2, 0.25) is 11.8 Å². The Balaban J connectivity index is 2.25. The van der Waals surface area contributed by atoms with E-state index in [1.807, 2.05) is 18.2 Å². The third-order valence-corrected chi connectivity index (χ3v) is 3.30. The average Bonchev–Trinajstić information content (AvgIpc) is 3.07. The SMILES string of the molecule is COc1ccc(Br)cc1-n1c(N)nnc1-c1ccco1. The third-order valence-electron chi connectivity index (χ3n) is 2.81. The van der Waals surface area contributed by atoms with E-state index >= 15 is 0 Å². The first kappa shape index (κ1) is 12.7. The Bertz CT molecular complexity index is 737. The van der Waals surface area contributed by atoms with E-state index in [1.54, 1.807) is 30.1 Å². The van der Waals surface area contributed by atoms with Crippen molar-refractivity contribution in [2.45, 2.75) is 0 Å². The Kier molecular flexibility index (Phi) is 3.19. The van der Waals surface area contributed by atoms with Gasteiger partial charge in [0.15, 0.2) is 5.76 Å². The van der Waals surface area contributed by atoms with Crippen LogP contribution in [0.5, 0.6) is 5.75 Å². The Morgan fingerprint density at radius 1 is 1.30 bits per heavy atom. The van der Waals surface area contributed by atoms with Crippen LogP contribution in [0, 0.1) is 0 Å². The number of rotatable bonds is 3. The standard InChI is InChI=1S/C13H11BrN4O2/c1-19-10-5-4-8(14)7-9(10)18-12(16-17-13(18)15)11-3-2-6-20-11/h2-7H,1H3,(H2,15,17). The summed E-state index contributed by atoms with van der Waals surface area (Å²) >= 11 is 3.43. The van der Waals surface area contributed by atoms with Crippen molar-refractivity contribution in [3.63, 3.8) is 0 Å². The van der Waals surface area contributed by atoms with Crippen molar-refractivity contribution in [1.82, 2.24) is 14.8 Å². The molecule has 0 bridgehead atoms. The van der Waals surface area contributed by atoms with Gasteiger partial charge in [-0.3, -0.25) is 4.57 Å². The highest BCUT2D eigenvalue weighted by atomic mass is 79.9. The van der Waals surface area contributed by atoms with Crippen LogP contribution in [0.3, 0.4) is 0 Å². The van der Waals surface area contributed by atoms with E-state index in [-0.39, 0.29) is 5.95 Å². The van der Waals surface area contributed by atoms with Crippen LogP contribution in [0.2, 0.25) is 0 Å². The maximum absolute atomic E-state index is 5.93. The Hall–Kier alpha value is -2.28. The van der Waals surface area contributed by atoms with Crippen molar-refractivity contribution in [3.05, 3.63) is 41.1 Å². The molecule has 3 rings (SSSR count). The average molecular weight is 335 g/mol. The van der Waals surface area contributed by atoms with Crippen LogP contribution in [0.1, 0.15) is 0 Å². The molecule has 2 N–H and O–H groups in total. The molecule has 6 nitrogen and oxygen atoms in total. The first-order chi connectivity index (χ1) is 9.70. The number of hydrogen-bond acceptors (Lipinski definition) is 5. The lowest BCUT2D eigenvalue weighted by Gasteiger charge is -2.12. The van der Waals surface area contributed by atoms with E-state index in [9.17, 15) is 0 Å². The molecule has 0 radical (unpaired) electrons. The molecule has 0 spiro atoms. The minimum Gasteiger partial charge on any atom is -0.495 e. The maximum Gasteiger partial charge on any atom is 0.227 e. The van der Waals surface area contributed by atoms with Gasteiger partial charge in [-0.05, 0) is 30.3 Å². The second-order valence-corrected chi connectivity index (χ2v) is 4.93. The topological polar surface area (TPSA) is 79.1 Å². The second-order valence-electron chi connectivity index (χ2n) is 4.01. The number of hydrogen-bond donors (Lipinski definition) is 1. The molecule has 3 aromatic rings. The number of nitrogens with two attached hydrogens (primary N) is 1. The van der Waals surface area contributed by atoms with Crippen molar-refractivity contribution in [2.24, 2.45) is 0 Å². The fourth-order valence-corrected chi connectivity index (χ4v) is 2.29. The minimum atomic E-state index is 0.257. The molecule has 0 saturated heterocycles. The number of ether oxygens (including phenoxy) is 1. The van der Waals surface area contributed by atoms with Crippen LogP contribution in [-0.4, -0.2) is 21.9 Å². The number of furan rings is 1. The second kappa shape index (κ2) is 5.01. The molecule has 0 unspecified atom stereocenters. The zero-order valence-electron chi connectivity index (χ0n) is 10.6. The van der Waals surface area contributed by atoms with Crippen LogP contribution in [0.15, 0.2) is 45.5 Å². The van der Waals surface area contributed by atoms with Gasteiger partial charge in [-0.25, -0.2) is 0 Å². The highest BCUT2D eigenvalue weighted by Gasteiger charge is 2.18. The zero-order valence-corrected chi connectivity index (χ0v) is 12.2. The smallest absolute Gasteiger partial charge is 0.227 e. The predicted octanol–water partition coefficient (Wildman–Crippen LogP) is 2.88. The van der Waals surface area contributed by atoms with Gasteiger partial charge in [0.25, 0.3) is 0 Å². The van der Waals surface area contributed by atoms with Gasteiger partial charge in [-0.15, -0.1) is 10.2 Å². The Morgan fingerprint density at radius 2 is 2.15 bits per heavy atom. The lowest BCUT2D eigenvalue weighted by Crippen LogP contribution is -2.04. The normalized spacial score (nSPS) is 10.7. The molecule has 0 aliphatic carbocycles. The van der Waals surface area contributed by atoms with Crippen molar-refractivity contribution in [3.8, 4) is 23.0 Å². The fourth-order valence-electron chi connectivity index (χ4n) is 1.94. The van der Waals surface area contributed by atoms with Gasteiger partial charge in [-0.2, -0.15) is 0 Å². The summed E-state index contributed by atoms with van der Waals surface area (Å²) in [4.78, 5) is 0. The van der Waals surface area contributed by atoms with Gasteiger partial charge in [0.1, 0.15) is 5.75 Å². The van der Waals surface area contributed by atoms with Crippen LogP contribution in [-0.2, 0) is 0 Å². The monoisotopic (exact) mass is 334 g/mol. The summed E-state index contributed by atoms with van der Waals surface area (Å²) in [7, 11) is 1.60. The summed E-state index contributed by atoms with van der Waals surface area (Å²) in [5.74, 6) is 2.01. The van der Waals surface area contributed by atoms with E-state index in [2.05, 4.69) is 26.1 Å². The number of nitrogen functional groups attached to an aromatic ring is 1. The Labute approximate surface area is 123 Å².